The minimum Gasteiger partial charge on any atom is -0.366 e. The molecule has 1 fully saturated rings. The summed E-state index contributed by atoms with van der Waals surface area (Å²) >= 11 is 0. The van der Waals surface area contributed by atoms with Crippen molar-refractivity contribution >= 4 is 18.2 Å². The molecule has 1 aliphatic heterocycles. The van der Waals surface area contributed by atoms with Crippen molar-refractivity contribution in [1.29, 1.82) is 0 Å². The van der Waals surface area contributed by atoms with Crippen molar-refractivity contribution in [1.82, 2.24) is 10.3 Å². The highest BCUT2D eigenvalue weighted by atomic mass is 35.5. The maximum absolute atomic E-state index is 13.6. The predicted octanol–water partition coefficient (Wildman–Crippen LogP) is 3.04. The zero-order chi connectivity index (χ0) is 16.5. The van der Waals surface area contributed by atoms with Gasteiger partial charge in [0.25, 0.3) is 0 Å². The summed E-state index contributed by atoms with van der Waals surface area (Å²) in [5.41, 5.74) is -1.21. The largest absolute Gasteiger partial charge is 0.417 e. The summed E-state index contributed by atoms with van der Waals surface area (Å²) in [6.07, 6.45) is -8.35. The molecular weight excluding hydrogens is 352 g/mol. The number of aromatic nitrogens is 1. The fourth-order valence-electron chi connectivity index (χ4n) is 1.98. The standard InChI is InChI=1S/C12H13F6N3O.ClH/c1-6-9(21-5-11(14,15)22-6)4-20-10-8(13)2-7(3-19-10)12(16,17)18;/h2-3,6,9,21H,4-5H2,1H3,(H,19,20);1H/t6-,9+;/m0./s1. The summed E-state index contributed by atoms with van der Waals surface area (Å²) in [6, 6.07) is -0.249. The van der Waals surface area contributed by atoms with E-state index in [9.17, 15) is 26.3 Å². The number of ether oxygens (including phenoxy) is 1. The Morgan fingerprint density at radius 1 is 1.43 bits per heavy atom. The molecule has 0 spiro atoms. The van der Waals surface area contributed by atoms with E-state index in [2.05, 4.69) is 20.4 Å². The van der Waals surface area contributed by atoms with Gasteiger partial charge in [0.05, 0.1) is 24.3 Å². The van der Waals surface area contributed by atoms with Gasteiger partial charge in [0, 0.05) is 12.7 Å². The van der Waals surface area contributed by atoms with Crippen LogP contribution in [-0.2, 0) is 10.9 Å². The van der Waals surface area contributed by atoms with Crippen LogP contribution in [-0.4, -0.2) is 36.3 Å². The van der Waals surface area contributed by atoms with Crippen LogP contribution in [0.25, 0.3) is 0 Å². The van der Waals surface area contributed by atoms with Crippen molar-refractivity contribution < 1.29 is 31.1 Å². The van der Waals surface area contributed by atoms with Crippen LogP contribution in [0.3, 0.4) is 0 Å². The second-order valence-corrected chi connectivity index (χ2v) is 4.88. The number of nitrogens with one attached hydrogen (secondary N) is 2. The first-order valence-electron chi connectivity index (χ1n) is 6.34. The summed E-state index contributed by atoms with van der Waals surface area (Å²) in [5, 5.41) is 4.99. The maximum atomic E-state index is 13.6. The molecule has 1 saturated heterocycles. The molecule has 0 aliphatic carbocycles. The van der Waals surface area contributed by atoms with Gasteiger partial charge in [-0.15, -0.1) is 12.4 Å². The van der Waals surface area contributed by atoms with Gasteiger partial charge >= 0.3 is 12.3 Å². The topological polar surface area (TPSA) is 46.2 Å². The summed E-state index contributed by atoms with van der Waals surface area (Å²) in [6.45, 7) is 0.669. The molecular formula is C12H14ClF6N3O. The van der Waals surface area contributed by atoms with Gasteiger partial charge in [-0.1, -0.05) is 0 Å². The molecule has 132 valence electrons. The van der Waals surface area contributed by atoms with E-state index in [4.69, 9.17) is 0 Å². The molecule has 2 heterocycles. The third-order valence-corrected chi connectivity index (χ3v) is 3.15. The number of rotatable bonds is 3. The monoisotopic (exact) mass is 365 g/mol. The lowest BCUT2D eigenvalue weighted by Crippen LogP contribution is -2.57. The van der Waals surface area contributed by atoms with Crippen LogP contribution in [0.2, 0.25) is 0 Å². The lowest BCUT2D eigenvalue weighted by atomic mass is 10.1. The minimum absolute atomic E-state index is 0. The molecule has 0 radical (unpaired) electrons. The van der Waals surface area contributed by atoms with Crippen molar-refractivity contribution in [3.05, 3.63) is 23.6 Å². The van der Waals surface area contributed by atoms with Crippen LogP contribution < -0.4 is 10.6 Å². The van der Waals surface area contributed by atoms with Crippen LogP contribution in [0.5, 0.6) is 0 Å². The molecule has 23 heavy (non-hydrogen) atoms. The Kier molecular flexibility index (Phi) is 6.11. The van der Waals surface area contributed by atoms with Gasteiger partial charge in [0.15, 0.2) is 11.6 Å². The first kappa shape index (κ1) is 19.8. The number of morpholine rings is 1. The van der Waals surface area contributed by atoms with E-state index in [1.165, 1.54) is 6.92 Å². The molecule has 0 bridgehead atoms. The van der Waals surface area contributed by atoms with Gasteiger partial charge in [-0.05, 0) is 13.0 Å². The maximum Gasteiger partial charge on any atom is 0.417 e. The number of anilines is 1. The van der Waals surface area contributed by atoms with Gasteiger partial charge in [0.1, 0.15) is 0 Å². The van der Waals surface area contributed by atoms with Gasteiger partial charge in [0.2, 0.25) is 0 Å². The van der Waals surface area contributed by atoms with E-state index in [0.717, 1.165) is 0 Å². The van der Waals surface area contributed by atoms with Gasteiger partial charge in [-0.3, -0.25) is 0 Å². The lowest BCUT2D eigenvalue weighted by Gasteiger charge is -2.35. The van der Waals surface area contributed by atoms with Crippen LogP contribution in [0.1, 0.15) is 12.5 Å². The summed E-state index contributed by atoms with van der Waals surface area (Å²) in [4.78, 5) is 3.36. The molecule has 2 rings (SSSR count). The van der Waals surface area contributed by atoms with E-state index in [0.29, 0.717) is 12.3 Å². The van der Waals surface area contributed by atoms with Crippen LogP contribution in [0, 0.1) is 5.82 Å². The Morgan fingerprint density at radius 2 is 2.09 bits per heavy atom. The molecule has 1 aliphatic rings. The molecule has 2 atom stereocenters. The average molecular weight is 366 g/mol. The fraction of sp³-hybridized carbons (Fsp3) is 0.583. The Morgan fingerprint density at radius 3 is 2.61 bits per heavy atom. The van der Waals surface area contributed by atoms with Gasteiger partial charge in [-0.2, -0.15) is 22.0 Å². The summed E-state index contributed by atoms with van der Waals surface area (Å²) < 4.78 is 81.0. The average Bonchev–Trinajstić information content (AvgIpc) is 2.37. The lowest BCUT2D eigenvalue weighted by molar-refractivity contribution is -0.278. The number of nitrogens with zero attached hydrogens (tertiary/aromatic N) is 1. The highest BCUT2D eigenvalue weighted by molar-refractivity contribution is 5.85. The second kappa shape index (κ2) is 7.10. The van der Waals surface area contributed by atoms with Crippen LogP contribution in [0.4, 0.5) is 32.2 Å². The van der Waals surface area contributed by atoms with E-state index in [1.54, 1.807) is 0 Å². The Balaban J connectivity index is 0.00000264. The van der Waals surface area contributed by atoms with Crippen molar-refractivity contribution in [2.24, 2.45) is 0 Å². The Labute approximate surface area is 134 Å². The third-order valence-electron chi connectivity index (χ3n) is 3.15. The summed E-state index contributed by atoms with van der Waals surface area (Å²) in [5.74, 6) is -1.57. The van der Waals surface area contributed by atoms with Gasteiger partial charge in [-0.25, -0.2) is 9.37 Å². The fourth-order valence-corrected chi connectivity index (χ4v) is 1.98. The van der Waals surface area contributed by atoms with Crippen molar-refractivity contribution in [2.45, 2.75) is 31.4 Å². The molecule has 0 amide bonds. The SMILES string of the molecule is C[C@@H]1OC(F)(F)CN[C@@H]1CNc1ncc(C(F)(F)F)cc1F.Cl. The van der Waals surface area contributed by atoms with E-state index < -0.39 is 42.4 Å². The first-order valence-corrected chi connectivity index (χ1v) is 6.34. The molecule has 2 N–H and O–H groups in total. The highest BCUT2D eigenvalue weighted by Gasteiger charge is 2.40. The number of pyridine rings is 1. The molecule has 0 aromatic carbocycles. The normalized spacial score (nSPS) is 24.0. The van der Waals surface area contributed by atoms with Crippen molar-refractivity contribution in [3.8, 4) is 0 Å². The van der Waals surface area contributed by atoms with E-state index in [1.807, 2.05) is 0 Å². The zero-order valence-electron chi connectivity index (χ0n) is 11.8. The first-order chi connectivity index (χ1) is 10.1. The quantitative estimate of drug-likeness (QED) is 0.808. The number of hydrogen-bond acceptors (Lipinski definition) is 4. The zero-order valence-corrected chi connectivity index (χ0v) is 12.6. The molecule has 1 aromatic rings. The smallest absolute Gasteiger partial charge is 0.366 e. The minimum atomic E-state index is -4.69. The molecule has 1 aromatic heterocycles. The van der Waals surface area contributed by atoms with E-state index >= 15 is 0 Å². The van der Waals surface area contributed by atoms with Crippen LogP contribution >= 0.6 is 12.4 Å². The number of halogens is 7. The predicted molar refractivity (Wildman–Crippen MR) is 72.2 cm³/mol. The second-order valence-electron chi connectivity index (χ2n) is 4.88. The molecule has 4 nitrogen and oxygen atoms in total. The van der Waals surface area contributed by atoms with Gasteiger partial charge < -0.3 is 15.4 Å². The van der Waals surface area contributed by atoms with Crippen LogP contribution in [0.15, 0.2) is 12.3 Å². The molecule has 11 heteroatoms. The number of alkyl halides is 5. The van der Waals surface area contributed by atoms with Crippen molar-refractivity contribution in [2.75, 3.05) is 18.4 Å². The molecule has 0 saturated carbocycles. The summed E-state index contributed by atoms with van der Waals surface area (Å²) in [7, 11) is 0. The highest BCUT2D eigenvalue weighted by Crippen LogP contribution is 2.30. The van der Waals surface area contributed by atoms with E-state index in [-0.39, 0.29) is 24.8 Å². The molecule has 0 unspecified atom stereocenters. The Hall–Kier alpha value is -1.26. The van der Waals surface area contributed by atoms with Crippen molar-refractivity contribution in [3.63, 3.8) is 0 Å². The third kappa shape index (κ3) is 5.11. The Bertz CT molecular complexity index is 542. The number of hydrogen-bond donors (Lipinski definition) is 2.